The van der Waals surface area contributed by atoms with Crippen molar-refractivity contribution in [1.29, 1.82) is 0 Å². The molecule has 1 aliphatic rings. The molecule has 0 amide bonds. The number of halogens is 1. The van der Waals surface area contributed by atoms with Gasteiger partial charge in [-0.3, -0.25) is 0 Å². The van der Waals surface area contributed by atoms with Crippen molar-refractivity contribution in [3.8, 4) is 11.5 Å². The van der Waals surface area contributed by atoms with Gasteiger partial charge in [0.25, 0.3) is 0 Å². The quantitative estimate of drug-likeness (QED) is 0.751. The van der Waals surface area contributed by atoms with Gasteiger partial charge in [0, 0.05) is 17.6 Å². The van der Waals surface area contributed by atoms with E-state index in [1.165, 1.54) is 4.31 Å². The van der Waals surface area contributed by atoms with Crippen molar-refractivity contribution in [3.05, 3.63) is 51.5 Å². The van der Waals surface area contributed by atoms with E-state index in [4.69, 9.17) is 9.47 Å². The van der Waals surface area contributed by atoms with Gasteiger partial charge in [-0.2, -0.15) is 4.31 Å². The minimum Gasteiger partial charge on any atom is -0.493 e. The van der Waals surface area contributed by atoms with Crippen LogP contribution in [-0.4, -0.2) is 33.5 Å². The summed E-state index contributed by atoms with van der Waals surface area (Å²) in [6.45, 7) is 2.68. The minimum atomic E-state index is -3.57. The number of rotatable bonds is 4. The van der Waals surface area contributed by atoms with E-state index >= 15 is 0 Å². The van der Waals surface area contributed by atoms with Crippen LogP contribution in [0.3, 0.4) is 0 Å². The Morgan fingerprint density at radius 1 is 1.04 bits per heavy atom. The van der Waals surface area contributed by atoms with Crippen LogP contribution >= 0.6 is 15.9 Å². The number of nitrogens with zero attached hydrogens (tertiary/aromatic N) is 1. The van der Waals surface area contributed by atoms with Gasteiger partial charge in [-0.15, -0.1) is 0 Å². The summed E-state index contributed by atoms with van der Waals surface area (Å²) in [6.07, 6.45) is 0.637. The lowest BCUT2D eigenvalue weighted by molar-refractivity contribution is 0.348. The van der Waals surface area contributed by atoms with E-state index < -0.39 is 10.0 Å². The van der Waals surface area contributed by atoms with Crippen molar-refractivity contribution in [2.45, 2.75) is 24.8 Å². The van der Waals surface area contributed by atoms with Crippen LogP contribution in [0, 0.1) is 6.92 Å². The number of sulfonamides is 1. The summed E-state index contributed by atoms with van der Waals surface area (Å²) in [6, 6.07) is 9.07. The first-order chi connectivity index (χ1) is 11.9. The van der Waals surface area contributed by atoms with Crippen LogP contribution in [-0.2, 0) is 23.0 Å². The molecule has 0 saturated heterocycles. The molecule has 134 valence electrons. The molecular formula is C18H20BrNO4S. The van der Waals surface area contributed by atoms with Crippen molar-refractivity contribution in [3.63, 3.8) is 0 Å². The molecule has 0 bridgehead atoms. The van der Waals surface area contributed by atoms with Gasteiger partial charge in [0.1, 0.15) is 0 Å². The molecule has 2 aromatic carbocycles. The normalized spacial score (nSPS) is 14.9. The predicted molar refractivity (Wildman–Crippen MR) is 99.7 cm³/mol. The van der Waals surface area contributed by atoms with Crippen molar-refractivity contribution in [2.24, 2.45) is 0 Å². The molecule has 0 unspecified atom stereocenters. The molecule has 0 saturated carbocycles. The van der Waals surface area contributed by atoms with E-state index in [0.717, 1.165) is 16.7 Å². The average molecular weight is 426 g/mol. The van der Waals surface area contributed by atoms with Gasteiger partial charge in [0.2, 0.25) is 10.0 Å². The van der Waals surface area contributed by atoms with Crippen LogP contribution in [0.5, 0.6) is 11.5 Å². The third-order valence-electron chi connectivity index (χ3n) is 4.39. The molecule has 25 heavy (non-hydrogen) atoms. The molecular weight excluding hydrogens is 406 g/mol. The zero-order chi connectivity index (χ0) is 18.2. The summed E-state index contributed by atoms with van der Waals surface area (Å²) < 4.78 is 38.9. The largest absolute Gasteiger partial charge is 0.493 e. The standard InChI is InChI=1S/C18H20BrNO4S/c1-12-4-5-18(15(19)8-12)25(21,22)20-7-6-13-9-16(23-2)17(24-3)10-14(13)11-20/h4-5,8-10H,6-7,11H2,1-3H3. The van der Waals surface area contributed by atoms with Gasteiger partial charge in [-0.1, -0.05) is 6.07 Å². The molecule has 1 aliphatic heterocycles. The molecule has 5 nitrogen and oxygen atoms in total. The molecule has 7 heteroatoms. The van der Waals surface area contributed by atoms with Gasteiger partial charge in [0.05, 0.1) is 19.1 Å². The second kappa shape index (κ2) is 6.97. The summed E-state index contributed by atoms with van der Waals surface area (Å²) in [5.41, 5.74) is 3.04. The van der Waals surface area contributed by atoms with E-state index in [1.807, 2.05) is 31.2 Å². The first kappa shape index (κ1) is 18.2. The van der Waals surface area contributed by atoms with Crippen LogP contribution in [0.25, 0.3) is 0 Å². The summed E-state index contributed by atoms with van der Waals surface area (Å²) in [4.78, 5) is 0.294. The molecule has 0 aromatic heterocycles. The lowest BCUT2D eigenvalue weighted by atomic mass is 10.0. The van der Waals surface area contributed by atoms with Crippen LogP contribution in [0.15, 0.2) is 39.7 Å². The maximum Gasteiger partial charge on any atom is 0.244 e. The Bertz CT molecular complexity index is 912. The summed E-state index contributed by atoms with van der Waals surface area (Å²) in [5, 5.41) is 0. The van der Waals surface area contributed by atoms with Crippen LogP contribution in [0.4, 0.5) is 0 Å². The Morgan fingerprint density at radius 2 is 1.68 bits per heavy atom. The number of hydrogen-bond acceptors (Lipinski definition) is 4. The number of hydrogen-bond donors (Lipinski definition) is 0. The van der Waals surface area contributed by atoms with E-state index in [9.17, 15) is 8.42 Å². The fourth-order valence-electron chi connectivity index (χ4n) is 3.02. The van der Waals surface area contributed by atoms with E-state index in [0.29, 0.717) is 40.4 Å². The van der Waals surface area contributed by atoms with Gasteiger partial charge in [-0.05, 0) is 70.2 Å². The molecule has 0 fully saturated rings. The lowest BCUT2D eigenvalue weighted by Crippen LogP contribution is -2.36. The Kier molecular flexibility index (Phi) is 5.09. The molecule has 0 spiro atoms. The first-order valence-corrected chi connectivity index (χ1v) is 10.1. The number of benzene rings is 2. The Labute approximate surface area is 156 Å². The lowest BCUT2D eigenvalue weighted by Gasteiger charge is -2.29. The fraction of sp³-hybridized carbons (Fsp3) is 0.333. The molecule has 0 N–H and O–H groups in total. The third-order valence-corrected chi connectivity index (χ3v) is 7.21. The first-order valence-electron chi connectivity index (χ1n) is 7.87. The predicted octanol–water partition coefficient (Wildman–Crippen LogP) is 3.52. The minimum absolute atomic E-state index is 0.294. The molecule has 0 radical (unpaired) electrons. The molecule has 0 aliphatic carbocycles. The van der Waals surface area contributed by atoms with Crippen molar-refractivity contribution in [2.75, 3.05) is 20.8 Å². The number of methoxy groups -OCH3 is 2. The molecule has 0 atom stereocenters. The maximum atomic E-state index is 13.0. The molecule has 2 aromatic rings. The van der Waals surface area contributed by atoms with Gasteiger partial charge >= 0.3 is 0 Å². The second-order valence-electron chi connectivity index (χ2n) is 6.00. The second-order valence-corrected chi connectivity index (χ2v) is 8.76. The van der Waals surface area contributed by atoms with Gasteiger partial charge in [0.15, 0.2) is 11.5 Å². The van der Waals surface area contributed by atoms with Gasteiger partial charge in [-0.25, -0.2) is 8.42 Å². The highest BCUT2D eigenvalue weighted by Crippen LogP contribution is 2.35. The monoisotopic (exact) mass is 425 g/mol. The highest BCUT2D eigenvalue weighted by molar-refractivity contribution is 9.10. The number of aryl methyl sites for hydroxylation is 1. The Balaban J connectivity index is 1.96. The highest BCUT2D eigenvalue weighted by atomic mass is 79.9. The van der Waals surface area contributed by atoms with Crippen molar-refractivity contribution >= 4 is 26.0 Å². The van der Waals surface area contributed by atoms with E-state index in [-0.39, 0.29) is 0 Å². The summed E-state index contributed by atoms with van der Waals surface area (Å²) in [7, 11) is -0.403. The third kappa shape index (κ3) is 3.41. The van der Waals surface area contributed by atoms with Crippen LogP contribution in [0.1, 0.15) is 16.7 Å². The van der Waals surface area contributed by atoms with Crippen LogP contribution in [0.2, 0.25) is 0 Å². The Morgan fingerprint density at radius 3 is 2.28 bits per heavy atom. The van der Waals surface area contributed by atoms with E-state index in [1.54, 1.807) is 20.3 Å². The van der Waals surface area contributed by atoms with Gasteiger partial charge < -0.3 is 9.47 Å². The van der Waals surface area contributed by atoms with Crippen molar-refractivity contribution in [1.82, 2.24) is 4.31 Å². The summed E-state index contributed by atoms with van der Waals surface area (Å²) in [5.74, 6) is 1.27. The molecule has 1 heterocycles. The topological polar surface area (TPSA) is 55.8 Å². The smallest absolute Gasteiger partial charge is 0.244 e. The SMILES string of the molecule is COc1cc2c(cc1OC)CN(S(=O)(=O)c1ccc(C)cc1Br)CC2. The fourth-order valence-corrected chi connectivity index (χ4v) is 5.59. The maximum absolute atomic E-state index is 13.0. The summed E-state index contributed by atoms with van der Waals surface area (Å²) >= 11 is 3.38. The zero-order valence-electron chi connectivity index (χ0n) is 14.4. The zero-order valence-corrected chi connectivity index (χ0v) is 16.8. The highest BCUT2D eigenvalue weighted by Gasteiger charge is 2.30. The van der Waals surface area contributed by atoms with Crippen molar-refractivity contribution < 1.29 is 17.9 Å². The van der Waals surface area contributed by atoms with E-state index in [2.05, 4.69) is 15.9 Å². The van der Waals surface area contributed by atoms with Crippen LogP contribution < -0.4 is 9.47 Å². The average Bonchev–Trinajstić information content (AvgIpc) is 2.59. The number of ether oxygens (including phenoxy) is 2. The Hall–Kier alpha value is -1.57. The number of fused-ring (bicyclic) bond motifs is 1. The molecule has 3 rings (SSSR count).